The van der Waals surface area contributed by atoms with E-state index in [1.165, 1.54) is 12.1 Å². The SMILES string of the molecule is CCCc1c(/C=C/c2cccs2)oc2ccc(C(=O)O)cc2c1=O. The number of carboxylic acid groups (broad SMARTS) is 1. The van der Waals surface area contributed by atoms with Crippen molar-refractivity contribution in [3.05, 3.63) is 67.7 Å². The highest BCUT2D eigenvalue weighted by molar-refractivity contribution is 7.10. The van der Waals surface area contributed by atoms with Gasteiger partial charge in [0.1, 0.15) is 11.3 Å². The summed E-state index contributed by atoms with van der Waals surface area (Å²) in [7, 11) is 0. The minimum Gasteiger partial charge on any atom is -0.478 e. The summed E-state index contributed by atoms with van der Waals surface area (Å²) in [6, 6.07) is 8.31. The molecule has 0 atom stereocenters. The van der Waals surface area contributed by atoms with E-state index < -0.39 is 5.97 Å². The second kappa shape index (κ2) is 6.84. The maximum Gasteiger partial charge on any atom is 0.335 e. The van der Waals surface area contributed by atoms with Crippen LogP contribution in [0.2, 0.25) is 0 Å². The zero-order valence-electron chi connectivity index (χ0n) is 13.1. The first-order chi connectivity index (χ1) is 11.6. The van der Waals surface area contributed by atoms with Gasteiger partial charge in [0.2, 0.25) is 0 Å². The lowest BCUT2D eigenvalue weighted by atomic mass is 10.0. The van der Waals surface area contributed by atoms with Gasteiger partial charge in [-0.25, -0.2) is 4.79 Å². The predicted octanol–water partition coefficient (Wildman–Crippen LogP) is 4.68. The van der Waals surface area contributed by atoms with Gasteiger partial charge >= 0.3 is 5.97 Å². The third-order valence-corrected chi connectivity index (χ3v) is 4.54. The van der Waals surface area contributed by atoms with Gasteiger partial charge in [0.25, 0.3) is 0 Å². The zero-order chi connectivity index (χ0) is 17.1. The van der Waals surface area contributed by atoms with Crippen LogP contribution in [0.15, 0.2) is 44.9 Å². The van der Waals surface area contributed by atoms with E-state index in [1.807, 2.05) is 36.6 Å². The van der Waals surface area contributed by atoms with Gasteiger partial charge in [0.05, 0.1) is 10.9 Å². The van der Waals surface area contributed by atoms with Gasteiger partial charge in [-0.3, -0.25) is 4.79 Å². The van der Waals surface area contributed by atoms with Crippen LogP contribution in [0.1, 0.15) is 39.9 Å². The molecular formula is C19H16O4S. The molecule has 5 heteroatoms. The average Bonchev–Trinajstić information content (AvgIpc) is 3.09. The fourth-order valence-electron chi connectivity index (χ4n) is 2.55. The van der Waals surface area contributed by atoms with Crippen LogP contribution in [0.4, 0.5) is 0 Å². The molecule has 0 aliphatic heterocycles. The van der Waals surface area contributed by atoms with Crippen LogP contribution in [0.3, 0.4) is 0 Å². The van der Waals surface area contributed by atoms with Gasteiger partial charge < -0.3 is 9.52 Å². The van der Waals surface area contributed by atoms with E-state index in [0.717, 1.165) is 11.3 Å². The van der Waals surface area contributed by atoms with Crippen LogP contribution >= 0.6 is 11.3 Å². The quantitative estimate of drug-likeness (QED) is 0.732. The smallest absolute Gasteiger partial charge is 0.335 e. The van der Waals surface area contributed by atoms with Crippen molar-refractivity contribution in [1.29, 1.82) is 0 Å². The van der Waals surface area contributed by atoms with E-state index in [0.29, 0.717) is 28.7 Å². The van der Waals surface area contributed by atoms with Gasteiger partial charge in [-0.1, -0.05) is 19.4 Å². The second-order valence-corrected chi connectivity index (χ2v) is 6.37. The van der Waals surface area contributed by atoms with Crippen LogP contribution in [-0.4, -0.2) is 11.1 Å². The normalized spacial score (nSPS) is 11.4. The fourth-order valence-corrected chi connectivity index (χ4v) is 3.17. The van der Waals surface area contributed by atoms with Crippen molar-refractivity contribution in [2.45, 2.75) is 19.8 Å². The van der Waals surface area contributed by atoms with E-state index in [2.05, 4.69) is 0 Å². The maximum absolute atomic E-state index is 12.8. The van der Waals surface area contributed by atoms with Crippen molar-refractivity contribution < 1.29 is 14.3 Å². The fraction of sp³-hybridized carbons (Fsp3) is 0.158. The van der Waals surface area contributed by atoms with E-state index >= 15 is 0 Å². The minimum absolute atomic E-state index is 0.0825. The molecule has 0 bridgehead atoms. The summed E-state index contributed by atoms with van der Waals surface area (Å²) in [6.07, 6.45) is 5.11. The number of rotatable bonds is 5. The van der Waals surface area contributed by atoms with Crippen molar-refractivity contribution in [2.75, 3.05) is 0 Å². The molecule has 0 aliphatic carbocycles. The molecule has 0 saturated carbocycles. The van der Waals surface area contributed by atoms with Crippen LogP contribution in [0.5, 0.6) is 0 Å². The first-order valence-corrected chi connectivity index (χ1v) is 8.52. The highest BCUT2D eigenvalue weighted by Gasteiger charge is 2.14. The summed E-state index contributed by atoms with van der Waals surface area (Å²) in [6.45, 7) is 1.99. The Bertz CT molecular complexity index is 965. The molecular weight excluding hydrogens is 324 g/mol. The molecule has 24 heavy (non-hydrogen) atoms. The maximum atomic E-state index is 12.8. The number of carbonyl (C=O) groups is 1. The summed E-state index contributed by atoms with van der Waals surface area (Å²) >= 11 is 1.60. The Balaban J connectivity index is 2.18. The van der Waals surface area contributed by atoms with E-state index in [4.69, 9.17) is 9.52 Å². The van der Waals surface area contributed by atoms with Crippen molar-refractivity contribution >= 4 is 40.4 Å². The van der Waals surface area contributed by atoms with Crippen LogP contribution in [-0.2, 0) is 6.42 Å². The molecule has 0 spiro atoms. The Morgan fingerprint density at radius 3 is 2.79 bits per heavy atom. The molecule has 122 valence electrons. The van der Waals surface area contributed by atoms with E-state index in [-0.39, 0.29) is 11.0 Å². The molecule has 1 N–H and O–H groups in total. The zero-order valence-corrected chi connectivity index (χ0v) is 13.9. The molecule has 2 aromatic heterocycles. The predicted molar refractivity (Wildman–Crippen MR) is 96.7 cm³/mol. The molecule has 0 saturated heterocycles. The monoisotopic (exact) mass is 340 g/mol. The van der Waals surface area contributed by atoms with Crippen LogP contribution < -0.4 is 5.43 Å². The number of hydrogen-bond donors (Lipinski definition) is 1. The van der Waals surface area contributed by atoms with E-state index in [1.54, 1.807) is 17.4 Å². The Labute approximate surface area is 142 Å². The van der Waals surface area contributed by atoms with Gasteiger partial charge in [0, 0.05) is 10.4 Å². The first-order valence-electron chi connectivity index (χ1n) is 7.64. The molecule has 1 aromatic carbocycles. The number of thiophene rings is 1. The number of hydrogen-bond acceptors (Lipinski definition) is 4. The highest BCUT2D eigenvalue weighted by Crippen LogP contribution is 2.21. The lowest BCUT2D eigenvalue weighted by molar-refractivity contribution is 0.0697. The molecule has 0 radical (unpaired) electrons. The van der Waals surface area contributed by atoms with Gasteiger partial charge in [-0.2, -0.15) is 0 Å². The Morgan fingerprint density at radius 1 is 1.29 bits per heavy atom. The molecule has 0 aliphatic rings. The molecule has 0 fully saturated rings. The topological polar surface area (TPSA) is 67.5 Å². The summed E-state index contributed by atoms with van der Waals surface area (Å²) in [5.41, 5.74) is 0.905. The first kappa shape index (κ1) is 16.2. The van der Waals surface area contributed by atoms with Crippen molar-refractivity contribution in [2.24, 2.45) is 0 Å². The molecule has 3 aromatic rings. The van der Waals surface area contributed by atoms with Gasteiger partial charge in [-0.15, -0.1) is 11.3 Å². The van der Waals surface area contributed by atoms with Crippen molar-refractivity contribution in [3.8, 4) is 0 Å². The largest absolute Gasteiger partial charge is 0.478 e. The van der Waals surface area contributed by atoms with E-state index in [9.17, 15) is 9.59 Å². The van der Waals surface area contributed by atoms with Crippen LogP contribution in [0, 0.1) is 0 Å². The number of benzene rings is 1. The molecule has 2 heterocycles. The average molecular weight is 340 g/mol. The Morgan fingerprint density at radius 2 is 2.12 bits per heavy atom. The Kier molecular flexibility index (Phi) is 4.62. The standard InChI is InChI=1S/C19H16O4S/c1-2-4-14-16(9-7-13-5-3-10-24-13)23-17-8-6-12(19(21)22)11-15(17)18(14)20/h3,5-11H,2,4H2,1H3,(H,21,22)/b9-7+. The lowest BCUT2D eigenvalue weighted by Crippen LogP contribution is -2.12. The highest BCUT2D eigenvalue weighted by atomic mass is 32.1. The summed E-state index contributed by atoms with van der Waals surface area (Å²) < 4.78 is 5.88. The number of fused-ring (bicyclic) bond motifs is 1. The van der Waals surface area contributed by atoms with Gasteiger partial charge in [0.15, 0.2) is 5.43 Å². The van der Waals surface area contributed by atoms with Crippen LogP contribution in [0.25, 0.3) is 23.1 Å². The summed E-state index contributed by atoms with van der Waals surface area (Å²) in [5, 5.41) is 11.4. The second-order valence-electron chi connectivity index (χ2n) is 5.39. The third-order valence-electron chi connectivity index (χ3n) is 3.70. The number of aromatic carboxylic acids is 1. The summed E-state index contributed by atoms with van der Waals surface area (Å²) in [5.74, 6) is -0.527. The molecule has 0 unspecified atom stereocenters. The molecule has 4 nitrogen and oxygen atoms in total. The minimum atomic E-state index is -1.06. The Hall–Kier alpha value is -2.66. The molecule has 3 rings (SSSR count). The number of carboxylic acids is 1. The van der Waals surface area contributed by atoms with Crippen molar-refractivity contribution in [1.82, 2.24) is 0 Å². The lowest BCUT2D eigenvalue weighted by Gasteiger charge is -2.07. The van der Waals surface area contributed by atoms with Gasteiger partial charge in [-0.05, 0) is 48.2 Å². The van der Waals surface area contributed by atoms with Crippen molar-refractivity contribution in [3.63, 3.8) is 0 Å². The molecule has 0 amide bonds. The summed E-state index contributed by atoms with van der Waals surface area (Å²) in [4.78, 5) is 25.0. The third kappa shape index (κ3) is 3.16.